The fourth-order valence-corrected chi connectivity index (χ4v) is 2.40. The van der Waals surface area contributed by atoms with E-state index in [-0.39, 0.29) is 16.6 Å². The Morgan fingerprint density at radius 1 is 1.33 bits per heavy atom. The normalized spacial score (nSPS) is 10.4. The summed E-state index contributed by atoms with van der Waals surface area (Å²) in [6, 6.07) is 7.98. The Morgan fingerprint density at radius 2 is 2.05 bits per heavy atom. The van der Waals surface area contributed by atoms with Crippen molar-refractivity contribution in [3.05, 3.63) is 52.3 Å². The Morgan fingerprint density at radius 3 is 2.71 bits per heavy atom. The highest BCUT2D eigenvalue weighted by atomic mass is 35.5. The van der Waals surface area contributed by atoms with Gasteiger partial charge in [0.05, 0.1) is 11.2 Å². The van der Waals surface area contributed by atoms with Crippen molar-refractivity contribution in [2.24, 2.45) is 0 Å². The van der Waals surface area contributed by atoms with Crippen LogP contribution >= 0.6 is 23.4 Å². The van der Waals surface area contributed by atoms with Crippen LogP contribution in [-0.4, -0.2) is 21.6 Å². The first kappa shape index (κ1) is 15.8. The summed E-state index contributed by atoms with van der Waals surface area (Å²) < 4.78 is 0. The number of aromatic nitrogens is 2. The van der Waals surface area contributed by atoms with E-state index in [1.54, 1.807) is 0 Å². The van der Waals surface area contributed by atoms with Crippen molar-refractivity contribution < 1.29 is 4.79 Å². The number of carbonyl (C=O) groups is 1. The number of carbonyl (C=O) groups excluding carboxylic acids is 1. The maximum atomic E-state index is 12.2. The zero-order chi connectivity index (χ0) is 15.2. The standard InChI is InChI=1S/C15H16ClN3OS/c1-3-21-15-18-9-12(16)13(19-15)14(20)17-8-11-6-4-10(2)5-7-11/h4-7,9H,3,8H2,1-2H3,(H,17,20). The molecule has 1 aromatic heterocycles. The van der Waals surface area contributed by atoms with E-state index >= 15 is 0 Å². The largest absolute Gasteiger partial charge is 0.347 e. The van der Waals surface area contributed by atoms with Gasteiger partial charge in [-0.1, -0.05) is 60.1 Å². The molecule has 1 heterocycles. The average molecular weight is 322 g/mol. The zero-order valence-corrected chi connectivity index (χ0v) is 13.5. The highest BCUT2D eigenvalue weighted by Gasteiger charge is 2.14. The van der Waals surface area contributed by atoms with Crippen molar-refractivity contribution in [1.29, 1.82) is 0 Å². The molecule has 0 radical (unpaired) electrons. The van der Waals surface area contributed by atoms with E-state index in [1.807, 2.05) is 38.1 Å². The van der Waals surface area contributed by atoms with Crippen LogP contribution in [0.1, 0.15) is 28.5 Å². The number of hydrogen-bond donors (Lipinski definition) is 1. The van der Waals surface area contributed by atoms with Gasteiger partial charge in [-0.05, 0) is 18.2 Å². The second-order valence-corrected chi connectivity index (χ2v) is 6.09. The second kappa shape index (κ2) is 7.43. The molecule has 0 bridgehead atoms. The molecule has 2 rings (SSSR count). The van der Waals surface area contributed by atoms with Crippen molar-refractivity contribution >= 4 is 29.3 Å². The Hall–Kier alpha value is -1.59. The quantitative estimate of drug-likeness (QED) is 0.676. The van der Waals surface area contributed by atoms with E-state index in [0.717, 1.165) is 11.3 Å². The van der Waals surface area contributed by atoms with Gasteiger partial charge in [0.1, 0.15) is 0 Å². The molecular weight excluding hydrogens is 306 g/mol. The average Bonchev–Trinajstić information content (AvgIpc) is 2.48. The first-order valence-electron chi connectivity index (χ1n) is 6.59. The molecule has 6 heteroatoms. The Labute approximate surface area is 133 Å². The summed E-state index contributed by atoms with van der Waals surface area (Å²) in [5.41, 5.74) is 2.43. The van der Waals surface area contributed by atoms with E-state index in [1.165, 1.54) is 23.5 Å². The molecule has 0 aliphatic rings. The van der Waals surface area contributed by atoms with Gasteiger partial charge in [0.2, 0.25) is 0 Å². The van der Waals surface area contributed by atoms with Crippen LogP contribution in [0.4, 0.5) is 0 Å². The lowest BCUT2D eigenvalue weighted by molar-refractivity contribution is 0.0945. The summed E-state index contributed by atoms with van der Waals surface area (Å²) in [4.78, 5) is 20.4. The number of nitrogens with zero attached hydrogens (tertiary/aromatic N) is 2. The van der Waals surface area contributed by atoms with Crippen LogP contribution in [0.25, 0.3) is 0 Å². The number of hydrogen-bond acceptors (Lipinski definition) is 4. The molecule has 0 saturated heterocycles. The zero-order valence-electron chi connectivity index (χ0n) is 11.9. The minimum Gasteiger partial charge on any atom is -0.347 e. The van der Waals surface area contributed by atoms with Crippen molar-refractivity contribution in [3.63, 3.8) is 0 Å². The molecule has 21 heavy (non-hydrogen) atoms. The fraction of sp³-hybridized carbons (Fsp3) is 0.267. The van der Waals surface area contributed by atoms with Crippen LogP contribution in [0, 0.1) is 6.92 Å². The van der Waals surface area contributed by atoms with Crippen LogP contribution in [0.15, 0.2) is 35.6 Å². The molecule has 2 aromatic rings. The lowest BCUT2D eigenvalue weighted by atomic mass is 10.1. The van der Waals surface area contributed by atoms with Gasteiger partial charge in [-0.2, -0.15) is 0 Å². The molecule has 0 saturated carbocycles. The molecule has 1 N–H and O–H groups in total. The minimum absolute atomic E-state index is 0.217. The number of rotatable bonds is 5. The topological polar surface area (TPSA) is 54.9 Å². The van der Waals surface area contributed by atoms with Gasteiger partial charge in [0, 0.05) is 6.54 Å². The van der Waals surface area contributed by atoms with E-state index in [2.05, 4.69) is 15.3 Å². The Kier molecular flexibility index (Phi) is 5.59. The number of amides is 1. The van der Waals surface area contributed by atoms with Crippen LogP contribution in [-0.2, 0) is 6.54 Å². The van der Waals surface area contributed by atoms with Crippen molar-refractivity contribution in [2.75, 3.05) is 5.75 Å². The molecule has 110 valence electrons. The predicted octanol–water partition coefficient (Wildman–Crippen LogP) is 3.48. The number of thioether (sulfide) groups is 1. The first-order chi connectivity index (χ1) is 10.1. The number of aryl methyl sites for hydroxylation is 1. The molecule has 0 fully saturated rings. The summed E-state index contributed by atoms with van der Waals surface area (Å²) in [5.74, 6) is 0.549. The van der Waals surface area contributed by atoms with Crippen LogP contribution in [0.3, 0.4) is 0 Å². The summed E-state index contributed by atoms with van der Waals surface area (Å²) in [6.45, 7) is 4.46. The molecule has 4 nitrogen and oxygen atoms in total. The van der Waals surface area contributed by atoms with Gasteiger partial charge in [0.15, 0.2) is 10.9 Å². The van der Waals surface area contributed by atoms with E-state index in [9.17, 15) is 4.79 Å². The maximum absolute atomic E-state index is 12.2. The van der Waals surface area contributed by atoms with Crippen LogP contribution < -0.4 is 5.32 Å². The third-order valence-corrected chi connectivity index (χ3v) is 3.80. The Balaban J connectivity index is 2.05. The monoisotopic (exact) mass is 321 g/mol. The van der Waals surface area contributed by atoms with Gasteiger partial charge < -0.3 is 5.32 Å². The molecule has 1 amide bonds. The van der Waals surface area contributed by atoms with Gasteiger partial charge in [0.25, 0.3) is 5.91 Å². The lowest BCUT2D eigenvalue weighted by Gasteiger charge is -2.07. The Bertz CT molecular complexity index is 631. The smallest absolute Gasteiger partial charge is 0.271 e. The fourth-order valence-electron chi connectivity index (χ4n) is 1.68. The lowest BCUT2D eigenvalue weighted by Crippen LogP contribution is -2.24. The molecule has 0 unspecified atom stereocenters. The number of halogens is 1. The first-order valence-corrected chi connectivity index (χ1v) is 7.95. The number of benzene rings is 1. The second-order valence-electron chi connectivity index (χ2n) is 4.45. The highest BCUT2D eigenvalue weighted by molar-refractivity contribution is 7.99. The summed E-state index contributed by atoms with van der Waals surface area (Å²) in [7, 11) is 0. The molecule has 0 aliphatic heterocycles. The van der Waals surface area contributed by atoms with Crippen molar-refractivity contribution in [1.82, 2.24) is 15.3 Å². The van der Waals surface area contributed by atoms with E-state index in [0.29, 0.717) is 11.7 Å². The summed E-state index contributed by atoms with van der Waals surface area (Å²) >= 11 is 7.47. The van der Waals surface area contributed by atoms with Gasteiger partial charge in [-0.25, -0.2) is 9.97 Å². The molecule has 0 atom stereocenters. The van der Waals surface area contributed by atoms with E-state index in [4.69, 9.17) is 11.6 Å². The summed E-state index contributed by atoms with van der Waals surface area (Å²) in [5, 5.41) is 3.64. The van der Waals surface area contributed by atoms with Crippen LogP contribution in [0.2, 0.25) is 5.02 Å². The van der Waals surface area contributed by atoms with E-state index < -0.39 is 0 Å². The predicted molar refractivity (Wildman–Crippen MR) is 85.8 cm³/mol. The molecule has 0 aliphatic carbocycles. The van der Waals surface area contributed by atoms with Gasteiger partial charge in [-0.15, -0.1) is 0 Å². The van der Waals surface area contributed by atoms with Crippen molar-refractivity contribution in [3.8, 4) is 0 Å². The molecule has 1 aromatic carbocycles. The third kappa shape index (κ3) is 4.44. The van der Waals surface area contributed by atoms with Gasteiger partial charge in [-0.3, -0.25) is 4.79 Å². The SMILES string of the molecule is CCSc1ncc(Cl)c(C(=O)NCc2ccc(C)cc2)n1. The summed E-state index contributed by atoms with van der Waals surface area (Å²) in [6.07, 6.45) is 1.47. The molecular formula is C15H16ClN3OS. The third-order valence-electron chi connectivity index (χ3n) is 2.78. The highest BCUT2D eigenvalue weighted by Crippen LogP contribution is 2.18. The minimum atomic E-state index is -0.291. The van der Waals surface area contributed by atoms with Crippen molar-refractivity contribution in [2.45, 2.75) is 25.5 Å². The van der Waals surface area contributed by atoms with Crippen LogP contribution in [0.5, 0.6) is 0 Å². The number of nitrogens with one attached hydrogen (secondary N) is 1. The van der Waals surface area contributed by atoms with Gasteiger partial charge >= 0.3 is 0 Å². The maximum Gasteiger partial charge on any atom is 0.271 e. The molecule has 0 spiro atoms.